The Kier molecular flexibility index (Phi) is 40.2. The summed E-state index contributed by atoms with van der Waals surface area (Å²) in [5.74, 6) is -0.0436. The van der Waals surface area contributed by atoms with Gasteiger partial charge in [-0.1, -0.05) is 131 Å². The van der Waals surface area contributed by atoms with Gasteiger partial charge in [-0.2, -0.15) is 0 Å². The zero-order valence-corrected chi connectivity index (χ0v) is 54.5. The first-order chi connectivity index (χ1) is 37.3. The molecule has 1 saturated heterocycles. The maximum absolute atomic E-state index is 12.4. The molecular weight excluding hydrogens is 1420 g/mol. The second-order valence-electron chi connectivity index (χ2n) is 16.0. The zero-order valence-electron chi connectivity index (χ0n) is 42.6. The number of ether oxygens (including phenoxy) is 2. The van der Waals surface area contributed by atoms with Crippen molar-refractivity contribution in [3.8, 4) is 0 Å². The fourth-order valence-corrected chi connectivity index (χ4v) is 8.69. The summed E-state index contributed by atoms with van der Waals surface area (Å²) in [6, 6.07) is 39.1. The molecule has 2 amide bonds. The minimum absolute atomic E-state index is 0. The highest BCUT2D eigenvalue weighted by atomic mass is 79.9. The molecule has 0 unspecified atom stereocenters. The average molecular weight is 1480 g/mol. The standard InChI is InChI=1S/C17H17BrClN3OS.C16H15BrClNO2.C8H5BrO2.C8H10ClN.C4H8O.CH2Cl2.CH4N2S.BrH/c18-13-3-6-15(12(9-13)10-24-17(20)21)16(23)22-8-7-11-1-4-14(19)5-2-11;17-13-3-6-15(12(9-13)10-20)16(21)19-8-7-11-1-4-14(18)5-2-11;9-6-1-2-7-5(3-6)4-11-8(7)10;9-8-3-1-7(2-4-8)5-6-10;1-2-4-5-3-1;2-1-3;2-1(3)4;/h1-6,9H,7-8,10H2,(H3,20,21)(H,22,23);1-6,9,20H,7-8,10H2,(H,19,21);1-3H,4H2;1-4H,5-6,10H2;1-4H2;1H2;(H4,2,3,4);1H. The predicted octanol–water partition coefficient (Wildman–Crippen LogP) is 13.7. The number of amidine groups is 1. The highest BCUT2D eigenvalue weighted by molar-refractivity contribution is 9.11. The number of carbonyl (C=O) groups is 3. The summed E-state index contributed by atoms with van der Waals surface area (Å²) in [5.41, 5.74) is 27.6. The van der Waals surface area contributed by atoms with E-state index >= 15 is 0 Å². The number of benzene rings is 6. The Labute approximate surface area is 532 Å². The lowest BCUT2D eigenvalue weighted by Gasteiger charge is -2.11. The van der Waals surface area contributed by atoms with Gasteiger partial charge in [0.1, 0.15) is 6.61 Å². The molecule has 2 heterocycles. The Morgan fingerprint density at radius 3 is 1.44 bits per heavy atom. The van der Waals surface area contributed by atoms with Crippen LogP contribution in [0.3, 0.4) is 0 Å². The van der Waals surface area contributed by atoms with Crippen molar-refractivity contribution in [2.24, 2.45) is 22.9 Å². The number of alkyl halides is 2. The molecule has 13 nitrogen and oxygen atoms in total. The molecule has 0 aliphatic carbocycles. The minimum atomic E-state index is -0.215. The summed E-state index contributed by atoms with van der Waals surface area (Å²) in [7, 11) is 0. The number of nitrogens with one attached hydrogen (secondary N) is 3. The van der Waals surface area contributed by atoms with E-state index in [1.54, 1.807) is 30.3 Å². The number of aliphatic hydroxyl groups excluding tert-OH is 1. The van der Waals surface area contributed by atoms with Crippen LogP contribution in [0.4, 0.5) is 0 Å². The van der Waals surface area contributed by atoms with Crippen LogP contribution in [0.15, 0.2) is 141 Å². The molecule has 2 aliphatic heterocycles. The van der Waals surface area contributed by atoms with E-state index in [2.05, 4.69) is 82.1 Å². The van der Waals surface area contributed by atoms with Gasteiger partial charge in [0, 0.05) is 77.2 Å². The molecule has 0 spiro atoms. The monoisotopic (exact) mass is 1470 g/mol. The van der Waals surface area contributed by atoms with Crippen LogP contribution < -0.4 is 33.6 Å². The van der Waals surface area contributed by atoms with Crippen LogP contribution in [0.25, 0.3) is 0 Å². The smallest absolute Gasteiger partial charge is 0.338 e. The van der Waals surface area contributed by atoms with Gasteiger partial charge in [-0.3, -0.25) is 15.0 Å². The zero-order chi connectivity index (χ0) is 57.8. The highest BCUT2D eigenvalue weighted by Crippen LogP contribution is 2.24. The number of thiocarbonyl (C=S) groups is 1. The summed E-state index contributed by atoms with van der Waals surface area (Å²) in [5, 5.41) is 24.8. The molecule has 0 bridgehead atoms. The normalized spacial score (nSPS) is 11.2. The fourth-order valence-electron chi connectivity index (χ4n) is 6.54. The van der Waals surface area contributed by atoms with Crippen molar-refractivity contribution in [2.45, 2.75) is 51.1 Å². The van der Waals surface area contributed by atoms with Crippen molar-refractivity contribution in [2.75, 3.05) is 38.2 Å². The number of amides is 2. The molecule has 2 aliphatic rings. The quantitative estimate of drug-likeness (QED) is 0.0177. The summed E-state index contributed by atoms with van der Waals surface area (Å²) in [6.45, 7) is 4.01. The van der Waals surface area contributed by atoms with E-state index in [0.29, 0.717) is 64.3 Å². The second kappa shape index (κ2) is 43.2. The third-order valence-electron chi connectivity index (χ3n) is 10.2. The van der Waals surface area contributed by atoms with E-state index in [4.69, 9.17) is 84.4 Å². The summed E-state index contributed by atoms with van der Waals surface area (Å²) in [6.07, 6.45) is 4.95. The van der Waals surface area contributed by atoms with Crippen LogP contribution in [0, 0.1) is 5.41 Å². The first-order valence-corrected chi connectivity index (χ1v) is 29.6. The summed E-state index contributed by atoms with van der Waals surface area (Å²) < 4.78 is 12.5. The van der Waals surface area contributed by atoms with Gasteiger partial charge in [-0.05, 0) is 170 Å². The van der Waals surface area contributed by atoms with Crippen molar-refractivity contribution >= 4 is 175 Å². The first-order valence-electron chi connectivity index (χ1n) is 23.6. The van der Waals surface area contributed by atoms with Gasteiger partial charge in [-0.25, -0.2) is 4.79 Å². The Morgan fingerprint density at radius 1 is 0.658 bits per heavy atom. The number of aliphatic hydroxyl groups is 1. The van der Waals surface area contributed by atoms with Crippen LogP contribution in [0.5, 0.6) is 0 Å². The molecule has 24 heteroatoms. The maximum atomic E-state index is 12.4. The Bertz CT molecular complexity index is 2780. The molecule has 6 aromatic carbocycles. The molecule has 1 fully saturated rings. The van der Waals surface area contributed by atoms with Gasteiger partial charge >= 0.3 is 5.97 Å². The first kappa shape index (κ1) is 73.5. The van der Waals surface area contributed by atoms with Gasteiger partial charge in [0.25, 0.3) is 11.8 Å². The van der Waals surface area contributed by atoms with Gasteiger partial charge in [0.2, 0.25) is 0 Å². The number of carbonyl (C=O) groups excluding carboxylic acids is 3. The van der Waals surface area contributed by atoms with Gasteiger partial charge in [0.05, 0.1) is 17.5 Å². The van der Waals surface area contributed by atoms with Crippen molar-refractivity contribution in [1.29, 1.82) is 5.41 Å². The fraction of sp³-hybridized carbons (Fsp3) is 0.255. The molecule has 428 valence electrons. The molecule has 79 heavy (non-hydrogen) atoms. The Morgan fingerprint density at radius 2 is 1.05 bits per heavy atom. The molecule has 0 saturated carbocycles. The molecule has 12 N–H and O–H groups in total. The van der Waals surface area contributed by atoms with Crippen molar-refractivity contribution < 1.29 is 29.0 Å². The number of hydrogen-bond acceptors (Lipinski definition) is 10. The van der Waals surface area contributed by atoms with Crippen molar-refractivity contribution in [1.82, 2.24) is 10.6 Å². The molecule has 0 aromatic heterocycles. The number of thioether (sulfide) groups is 1. The topological polar surface area (TPSA) is 242 Å². The highest BCUT2D eigenvalue weighted by Gasteiger charge is 2.20. The van der Waals surface area contributed by atoms with Crippen molar-refractivity contribution in [3.05, 3.63) is 206 Å². The molecule has 8 rings (SSSR count). The SMILES string of the molecule is Br.C1CCOC1.ClCCl.N=C(N)SCc1cc(Br)ccc1C(=O)NCCc1ccc(Cl)cc1.NC(N)=S.NCCc1ccc(Cl)cc1.O=C(NCCc1ccc(Cl)cc1)c1ccc(Br)cc1CO.O=C1OCc2cc(Br)ccc21. The van der Waals surface area contributed by atoms with E-state index in [0.717, 1.165) is 73.2 Å². The van der Waals surface area contributed by atoms with Crippen LogP contribution >= 0.6 is 147 Å². The Hall–Kier alpha value is -3.51. The number of fused-ring (bicyclic) bond motifs is 1. The van der Waals surface area contributed by atoms with E-state index in [9.17, 15) is 19.5 Å². The van der Waals surface area contributed by atoms with Crippen LogP contribution in [-0.2, 0) is 47.7 Å². The molecule has 0 radical (unpaired) electrons. The largest absolute Gasteiger partial charge is 0.457 e. The maximum Gasteiger partial charge on any atom is 0.338 e. The third-order valence-corrected chi connectivity index (χ3v) is 13.2. The van der Waals surface area contributed by atoms with Gasteiger partial charge in [0.15, 0.2) is 10.3 Å². The van der Waals surface area contributed by atoms with E-state index < -0.39 is 0 Å². The van der Waals surface area contributed by atoms with E-state index in [1.165, 1.54) is 30.2 Å². The lowest BCUT2D eigenvalue weighted by molar-refractivity contribution is 0.0534. The van der Waals surface area contributed by atoms with Crippen molar-refractivity contribution in [3.63, 3.8) is 0 Å². The Balaban J connectivity index is 0.000000509. The lowest BCUT2D eigenvalue weighted by Crippen LogP contribution is -2.26. The van der Waals surface area contributed by atoms with Crippen LogP contribution in [-0.4, -0.2) is 71.4 Å². The van der Waals surface area contributed by atoms with Crippen LogP contribution in [0.2, 0.25) is 15.1 Å². The number of halogens is 9. The number of nitrogens with two attached hydrogens (primary N) is 4. The van der Waals surface area contributed by atoms with E-state index in [-0.39, 0.29) is 57.0 Å². The average Bonchev–Trinajstić information content (AvgIpc) is 4.12. The van der Waals surface area contributed by atoms with Crippen LogP contribution in [0.1, 0.15) is 77.3 Å². The number of hydrogen-bond donors (Lipinski definition) is 8. The predicted molar refractivity (Wildman–Crippen MR) is 348 cm³/mol. The van der Waals surface area contributed by atoms with Gasteiger partial charge < -0.3 is 48.1 Å². The molecule has 6 aromatic rings. The molecular formula is C55H62Br4Cl5N7O6S2. The summed E-state index contributed by atoms with van der Waals surface area (Å²) in [4.78, 5) is 35.5. The van der Waals surface area contributed by atoms with Gasteiger partial charge in [-0.15, -0.1) is 40.2 Å². The van der Waals surface area contributed by atoms with E-state index in [1.807, 2.05) is 97.1 Å². The molecule has 0 atom stereocenters. The second-order valence-corrected chi connectivity index (χ2v) is 22.4. The number of rotatable bonds is 13. The third kappa shape index (κ3) is 32.7. The lowest BCUT2D eigenvalue weighted by atomic mass is 10.1. The minimum Gasteiger partial charge on any atom is -0.457 e. The number of cyclic esters (lactones) is 1. The summed E-state index contributed by atoms with van der Waals surface area (Å²) >= 11 is 42.2. The number of esters is 1.